The van der Waals surface area contributed by atoms with Crippen molar-refractivity contribution in [2.24, 2.45) is 0 Å². The van der Waals surface area contributed by atoms with Gasteiger partial charge in [0.25, 0.3) is 5.91 Å². The molecule has 1 amide bonds. The topological polar surface area (TPSA) is 563 Å². The zero-order valence-corrected chi connectivity index (χ0v) is 42.3. The Morgan fingerprint density at radius 2 is 0.444 bits per heavy atom. The molecule has 466 valence electrons. The Balaban J connectivity index is 1.10. The summed E-state index contributed by atoms with van der Waals surface area (Å²) in [6.07, 6.45) is -66.0. The number of carbonyl (C=O) groups excluding carboxylic acids is 1. The molecule has 35 atom stereocenters. The summed E-state index contributed by atoms with van der Waals surface area (Å²) in [4.78, 5) is 12.2. The summed E-state index contributed by atoms with van der Waals surface area (Å²) in [6, 6.07) is 0. The van der Waals surface area contributed by atoms with E-state index in [0.717, 1.165) is 0 Å². The summed E-state index contributed by atoms with van der Waals surface area (Å²) < 4.78 is 80.1. The van der Waals surface area contributed by atoms with E-state index in [4.69, 9.17) is 72.7 Å². The van der Waals surface area contributed by atoms with Gasteiger partial charge in [-0.3, -0.25) is 4.79 Å². The zero-order chi connectivity index (χ0) is 59.0. The maximum atomic E-state index is 12.2. The maximum Gasteiger partial charge on any atom is 0.295 e. The molecule has 36 nitrogen and oxygen atoms in total. The van der Waals surface area contributed by atoms with Crippen molar-refractivity contribution >= 4 is 5.91 Å². The van der Waals surface area contributed by atoms with Gasteiger partial charge in [0, 0.05) is 6.54 Å². The third-order valence-corrected chi connectivity index (χ3v) is 15.2. The second-order valence-electron chi connectivity index (χ2n) is 20.3. The number of aliphatic hydroxyl groups excluding tert-OH is 20. The molecule has 81 heavy (non-hydrogen) atoms. The van der Waals surface area contributed by atoms with Gasteiger partial charge >= 0.3 is 0 Å². The molecular formula is C45H71NO35. The predicted molar refractivity (Wildman–Crippen MR) is 243 cm³/mol. The molecule has 21 aliphatic rings. The smallest absolute Gasteiger partial charge is 0.295 e. The summed E-state index contributed by atoms with van der Waals surface area (Å²) in [6.45, 7) is -7.09. The van der Waals surface area contributed by atoms with Gasteiger partial charge in [0.2, 0.25) is 0 Å². The number of amides is 1. The highest BCUT2D eigenvalue weighted by molar-refractivity contribution is 5.92. The van der Waals surface area contributed by atoms with Crippen molar-refractivity contribution < 1.29 is 173 Å². The van der Waals surface area contributed by atoms with Crippen molar-refractivity contribution in [1.82, 2.24) is 5.32 Å². The molecule has 21 fully saturated rings. The van der Waals surface area contributed by atoms with Gasteiger partial charge in [-0.1, -0.05) is 0 Å². The first kappa shape index (κ1) is 64.7. The van der Waals surface area contributed by atoms with Gasteiger partial charge in [-0.15, -0.1) is 6.42 Å². The maximum absolute atomic E-state index is 12.2. The largest absolute Gasteiger partial charge is 0.394 e. The molecule has 21 N–H and O–H groups in total. The average Bonchev–Trinajstić information content (AvgIpc) is 3.59. The van der Waals surface area contributed by atoms with E-state index in [2.05, 4.69) is 5.32 Å². The van der Waals surface area contributed by atoms with E-state index in [1.165, 1.54) is 0 Å². The van der Waals surface area contributed by atoms with Gasteiger partial charge in [-0.2, -0.15) is 0 Å². The van der Waals surface area contributed by atoms with E-state index < -0.39 is 267 Å². The van der Waals surface area contributed by atoms with Gasteiger partial charge in [-0.25, -0.2) is 0 Å². The lowest BCUT2D eigenvalue weighted by Gasteiger charge is -2.50. The van der Waals surface area contributed by atoms with Gasteiger partial charge < -0.3 is 174 Å². The van der Waals surface area contributed by atoms with Crippen LogP contribution in [0, 0.1) is 12.3 Å². The van der Waals surface area contributed by atoms with E-state index >= 15 is 0 Å². The number of nitrogens with one attached hydrogen (secondary N) is 1. The van der Waals surface area contributed by atoms with Crippen LogP contribution in [-0.2, 0) is 71.1 Å². The Bertz CT molecular complexity index is 2030. The lowest BCUT2D eigenvalue weighted by molar-refractivity contribution is -0.396. The molecule has 21 heterocycles. The summed E-state index contributed by atoms with van der Waals surface area (Å²) in [7, 11) is 0. The number of hydrogen-bond donors (Lipinski definition) is 21. The molecular weight excluding hydrogens is 1110 g/mol. The Hall–Kier alpha value is -2.33. The fourth-order valence-electron chi connectivity index (χ4n) is 10.7. The number of carbonyl (C=O) groups is 1. The molecule has 0 aromatic carbocycles. The van der Waals surface area contributed by atoms with Crippen LogP contribution in [0.1, 0.15) is 0 Å². The minimum absolute atomic E-state index is 0.697. The lowest BCUT2D eigenvalue weighted by Crippen LogP contribution is -2.68. The normalized spacial score (nSPS) is 53.0. The Morgan fingerprint density at radius 1 is 0.284 bits per heavy atom. The monoisotopic (exact) mass is 1190 g/mol. The minimum atomic E-state index is -2.26. The van der Waals surface area contributed by atoms with Crippen molar-refractivity contribution in [1.29, 1.82) is 0 Å². The highest BCUT2D eigenvalue weighted by Gasteiger charge is 2.59. The van der Waals surface area contributed by atoms with Gasteiger partial charge in [-0.05, 0) is 5.92 Å². The van der Waals surface area contributed by atoms with Gasteiger partial charge in [0.15, 0.2) is 44.0 Å². The van der Waals surface area contributed by atoms with Crippen LogP contribution in [0.4, 0.5) is 0 Å². The third-order valence-electron chi connectivity index (χ3n) is 15.2. The van der Waals surface area contributed by atoms with E-state index in [0.29, 0.717) is 0 Å². The van der Waals surface area contributed by atoms with Crippen molar-refractivity contribution in [2.75, 3.05) is 46.2 Å². The van der Waals surface area contributed by atoms with Crippen molar-refractivity contribution in [3.63, 3.8) is 0 Å². The van der Waals surface area contributed by atoms with E-state index in [9.17, 15) is 107 Å². The molecule has 0 saturated carbocycles. The average molecular weight is 1190 g/mol. The van der Waals surface area contributed by atoms with Crippen LogP contribution in [0.3, 0.4) is 0 Å². The standard InChI is InChI=1S/C45H71NO35/c1-2-17(53)46-3-10-32-18(54)25(61)39(68-10)76-33-11(4-47)70-41(27(63)20(33)56)78-35-13(6-49)72-43(29(65)22(35)58)80-37-15(8-51)74-45(31(67)24(37)60)81-38-16(9-52)73-44(30(66)23(38)59)79-36-14(7-50)71-42(28(64)21(36)57)77-34-12(5-48)69-40(75-32)26(62)19(34)55/h1,10-16,18-45,47-52,54-67H,3-9H2,(H,46,53)/t10-,11-,12-,13-,14-,15-,16-,18-,19-,20-,21-,22-,23-,24-,25-,26-,27+,28-,29+,30-,31-,32-,33-,34-,35-,36-,37-,38-,39-,40-,41-,42-,43-,44-,45-/m1/s1. The fraction of sp³-hybridized carbons (Fsp3) is 0.933. The first-order chi connectivity index (χ1) is 38.5. The fourth-order valence-corrected chi connectivity index (χ4v) is 10.7. The SMILES string of the molecule is C#CC(=O)NC[C@H]1O[C@@H]2O[C@H]3[C@H](O)[C@H](O)[C@@H](O[C@H]4[C@H](O)[C@H](O)[C@@H](O[C@H]5[C@H](O)[C@@H](O)[C@@H](O[C@H]6[C@H](O)[C@@H](O)[C@@H](O[C@H]7[C@H](O)[C@@H](O)[C@@H](O[C@H]8[C@H](O)[C@@H](O)[C@@H](O[C@H]1[C@H](O)[C@H]2O)O[C@@H]8CO)O[C@@H]7CO)O[C@@H]6CO)O[C@@H]5CO)O[C@@H]4CO)O[C@@H]3CO. The Labute approximate surface area is 457 Å². The van der Waals surface area contributed by atoms with Crippen molar-refractivity contribution in [3.05, 3.63) is 0 Å². The van der Waals surface area contributed by atoms with Crippen LogP contribution in [0.15, 0.2) is 0 Å². The van der Waals surface area contributed by atoms with Crippen molar-refractivity contribution in [3.8, 4) is 12.3 Å². The summed E-state index contributed by atoms with van der Waals surface area (Å²) in [5.41, 5.74) is 0. The summed E-state index contributed by atoms with van der Waals surface area (Å²) in [5.74, 6) is 0.713. The van der Waals surface area contributed by atoms with Gasteiger partial charge in [0.1, 0.15) is 171 Å². The first-order valence-electron chi connectivity index (χ1n) is 25.6. The zero-order valence-electron chi connectivity index (χ0n) is 42.3. The van der Waals surface area contributed by atoms with Crippen LogP contribution in [0.2, 0.25) is 0 Å². The Morgan fingerprint density at radius 3 is 0.605 bits per heavy atom. The van der Waals surface area contributed by atoms with Crippen LogP contribution in [-0.4, -0.2) is 369 Å². The Kier molecular flexibility index (Phi) is 22.0. The minimum Gasteiger partial charge on any atom is -0.394 e. The van der Waals surface area contributed by atoms with E-state index in [1.807, 2.05) is 0 Å². The summed E-state index contributed by atoms with van der Waals surface area (Å²) >= 11 is 0. The van der Waals surface area contributed by atoms with Crippen LogP contribution in [0.25, 0.3) is 0 Å². The highest BCUT2D eigenvalue weighted by Crippen LogP contribution is 2.39. The molecule has 14 bridgehead atoms. The molecule has 0 aliphatic carbocycles. The number of terminal acetylenes is 1. The van der Waals surface area contributed by atoms with Crippen LogP contribution < -0.4 is 5.32 Å². The van der Waals surface area contributed by atoms with Gasteiger partial charge in [0.05, 0.1) is 39.6 Å². The first-order valence-corrected chi connectivity index (χ1v) is 25.6. The molecule has 0 spiro atoms. The molecule has 21 saturated heterocycles. The third kappa shape index (κ3) is 13.0. The van der Waals surface area contributed by atoms with Crippen molar-refractivity contribution in [2.45, 2.75) is 215 Å². The van der Waals surface area contributed by atoms with E-state index in [1.54, 1.807) is 5.92 Å². The molecule has 21 rings (SSSR count). The number of rotatable bonds is 8. The van der Waals surface area contributed by atoms with Crippen LogP contribution >= 0.6 is 0 Å². The number of aliphatic hydroxyl groups is 20. The van der Waals surface area contributed by atoms with E-state index in [-0.39, 0.29) is 0 Å². The molecule has 21 aliphatic heterocycles. The molecule has 0 radical (unpaired) electrons. The van der Waals surface area contributed by atoms with Crippen LogP contribution in [0.5, 0.6) is 0 Å². The second kappa shape index (κ2) is 27.6. The number of hydrogen-bond acceptors (Lipinski definition) is 35. The molecule has 36 heteroatoms. The predicted octanol–water partition coefficient (Wildman–Crippen LogP) is -15.5. The highest BCUT2D eigenvalue weighted by atomic mass is 16.8. The molecule has 0 unspecified atom stereocenters. The molecule has 0 aromatic heterocycles. The summed E-state index contributed by atoms with van der Waals surface area (Å²) in [5, 5.41) is 224. The quantitative estimate of drug-likeness (QED) is 0.100. The lowest BCUT2D eigenvalue weighted by atomic mass is 9.95. The second-order valence-corrected chi connectivity index (χ2v) is 20.3. The molecule has 0 aromatic rings. The number of ether oxygens (including phenoxy) is 14.